The number of Topliss-reactive ketones (excluding diaryl/α,β-unsaturated/α-hetero) is 1. The van der Waals surface area contributed by atoms with Gasteiger partial charge in [-0.15, -0.1) is 13.2 Å². The Kier molecular flexibility index (Phi) is 5.30. The zero-order valence-corrected chi connectivity index (χ0v) is 16.5. The number of carbonyl (C=O) groups excluding carboxylic acids is 2. The van der Waals surface area contributed by atoms with Gasteiger partial charge in [-0.25, -0.2) is 13.8 Å². The molecule has 0 atom stereocenters. The van der Waals surface area contributed by atoms with Crippen LogP contribution in [0, 0.1) is 17.0 Å². The number of rotatable bonds is 8. The topological polar surface area (TPSA) is 77.5 Å². The molecule has 0 aliphatic heterocycles. The molecule has 3 aliphatic rings. The predicted molar refractivity (Wildman–Crippen MR) is 98.9 cm³/mol. The minimum Gasteiger partial charge on any atom is -0.486 e. The number of amides is 1. The Morgan fingerprint density at radius 2 is 1.78 bits per heavy atom. The highest BCUT2D eigenvalue weighted by Crippen LogP contribution is 2.69. The van der Waals surface area contributed by atoms with E-state index in [1.165, 1.54) is 12.1 Å². The second-order valence-corrected chi connectivity index (χ2v) is 8.28. The molecule has 0 saturated heterocycles. The number of ketones is 1. The van der Waals surface area contributed by atoms with Crippen LogP contribution < -0.4 is 14.8 Å². The molecule has 1 N–H and O–H groups in total. The van der Waals surface area contributed by atoms with Gasteiger partial charge in [0.05, 0.1) is 5.56 Å². The molecule has 0 unspecified atom stereocenters. The number of pyridine rings is 1. The van der Waals surface area contributed by atoms with Crippen LogP contribution in [0.15, 0.2) is 36.5 Å². The first-order chi connectivity index (χ1) is 15.0. The Bertz CT molecular complexity index is 1040. The van der Waals surface area contributed by atoms with Crippen molar-refractivity contribution in [2.24, 2.45) is 5.41 Å². The smallest absolute Gasteiger partial charge is 0.486 e. The number of ether oxygens (including phenoxy) is 2. The molecule has 6 nitrogen and oxygen atoms in total. The predicted octanol–water partition coefficient (Wildman–Crippen LogP) is 3.95. The van der Waals surface area contributed by atoms with E-state index in [0.29, 0.717) is 19.3 Å². The lowest BCUT2D eigenvalue weighted by molar-refractivity contribution is -0.276. The zero-order chi connectivity index (χ0) is 23.1. The van der Waals surface area contributed by atoms with E-state index in [-0.39, 0.29) is 35.5 Å². The Balaban J connectivity index is 1.22. The maximum Gasteiger partial charge on any atom is 0.574 e. The van der Waals surface area contributed by atoms with Gasteiger partial charge in [-0.1, -0.05) is 0 Å². The lowest BCUT2D eigenvalue weighted by Crippen LogP contribution is -2.75. The Morgan fingerprint density at radius 3 is 2.38 bits per heavy atom. The third-order valence-electron chi connectivity index (χ3n) is 5.60. The van der Waals surface area contributed by atoms with E-state index in [0.717, 1.165) is 24.4 Å². The molecule has 32 heavy (non-hydrogen) atoms. The summed E-state index contributed by atoms with van der Waals surface area (Å²) in [6.07, 6.45) is -1.87. The van der Waals surface area contributed by atoms with Gasteiger partial charge in [0.15, 0.2) is 17.4 Å². The molecule has 5 rings (SSSR count). The molecular formula is C21H17F5N2O4. The summed E-state index contributed by atoms with van der Waals surface area (Å²) in [5.41, 5.74) is -0.585. The molecule has 3 aliphatic carbocycles. The van der Waals surface area contributed by atoms with Crippen LogP contribution in [0.25, 0.3) is 0 Å². The van der Waals surface area contributed by atoms with Crippen molar-refractivity contribution in [3.8, 4) is 11.6 Å². The van der Waals surface area contributed by atoms with Crippen molar-refractivity contribution < 1.29 is 41.0 Å². The molecule has 170 valence electrons. The summed E-state index contributed by atoms with van der Waals surface area (Å²) in [6.45, 7) is -0.274. The monoisotopic (exact) mass is 456 g/mol. The van der Waals surface area contributed by atoms with Crippen molar-refractivity contribution in [2.75, 3.05) is 6.61 Å². The first-order valence-electron chi connectivity index (χ1n) is 9.61. The number of nitrogens with zero attached hydrogens (tertiary/aromatic N) is 1. The van der Waals surface area contributed by atoms with E-state index < -0.39 is 35.3 Å². The van der Waals surface area contributed by atoms with E-state index in [2.05, 4.69) is 15.0 Å². The van der Waals surface area contributed by atoms with Crippen LogP contribution in [0.3, 0.4) is 0 Å². The molecular weight excluding hydrogens is 439 g/mol. The summed E-state index contributed by atoms with van der Waals surface area (Å²) in [4.78, 5) is 28.0. The maximum absolute atomic E-state index is 13.2. The standard InChI is InChI=1S/C21H17F5N2O4/c22-15-3-2-14(5-16(15)23)31-8-13(29)6-19-9-20(10-19,11-19)28-18(30)12-1-4-17(27-7-12)32-21(24,25)26/h1-5,7H,6,8-11H2,(H,28,30). The number of alkyl halides is 3. The van der Waals surface area contributed by atoms with Crippen LogP contribution in [0.2, 0.25) is 0 Å². The van der Waals surface area contributed by atoms with Crippen molar-refractivity contribution in [3.63, 3.8) is 0 Å². The van der Waals surface area contributed by atoms with Crippen LogP contribution in [-0.2, 0) is 4.79 Å². The van der Waals surface area contributed by atoms with Gasteiger partial charge in [-0.2, -0.15) is 0 Å². The number of hydrogen-bond donors (Lipinski definition) is 1. The Morgan fingerprint density at radius 1 is 1.06 bits per heavy atom. The van der Waals surface area contributed by atoms with Gasteiger partial charge >= 0.3 is 6.36 Å². The average molecular weight is 456 g/mol. The average Bonchev–Trinajstić information content (AvgIpc) is 2.65. The largest absolute Gasteiger partial charge is 0.574 e. The number of nitrogens with one attached hydrogen (secondary N) is 1. The summed E-state index contributed by atoms with van der Waals surface area (Å²) in [6, 6.07) is 5.15. The highest BCUT2D eigenvalue weighted by Gasteiger charge is 2.68. The van der Waals surface area contributed by atoms with Crippen molar-refractivity contribution >= 4 is 11.7 Å². The summed E-state index contributed by atoms with van der Waals surface area (Å²) in [5.74, 6) is -3.35. The van der Waals surface area contributed by atoms with Crippen LogP contribution in [0.1, 0.15) is 36.0 Å². The van der Waals surface area contributed by atoms with Crippen LogP contribution in [-0.4, -0.2) is 35.2 Å². The molecule has 3 fully saturated rings. The summed E-state index contributed by atoms with van der Waals surface area (Å²) in [5, 5.41) is 2.85. The van der Waals surface area contributed by atoms with E-state index in [1.54, 1.807) is 0 Å². The quantitative estimate of drug-likeness (QED) is 0.609. The summed E-state index contributed by atoms with van der Waals surface area (Å²) >= 11 is 0. The number of carbonyl (C=O) groups is 2. The molecule has 2 aromatic rings. The van der Waals surface area contributed by atoms with Crippen molar-refractivity contribution in [2.45, 2.75) is 37.6 Å². The molecule has 3 saturated carbocycles. The second kappa shape index (κ2) is 7.72. The fraction of sp³-hybridized carbons (Fsp3) is 0.381. The highest BCUT2D eigenvalue weighted by atomic mass is 19.4. The fourth-order valence-electron chi connectivity index (χ4n) is 4.52. The van der Waals surface area contributed by atoms with Gasteiger partial charge in [-0.3, -0.25) is 9.59 Å². The molecule has 11 heteroatoms. The number of hydrogen-bond acceptors (Lipinski definition) is 5. The van der Waals surface area contributed by atoms with Crippen molar-refractivity contribution in [3.05, 3.63) is 53.7 Å². The minimum absolute atomic E-state index is 0.0545. The second-order valence-electron chi connectivity index (χ2n) is 8.28. The maximum atomic E-state index is 13.2. The first kappa shape index (κ1) is 22.0. The SMILES string of the molecule is O=C(COc1ccc(F)c(F)c1)CC12CC(NC(=O)c3ccc(OC(F)(F)F)nc3)(C1)C2. The van der Waals surface area contributed by atoms with Crippen molar-refractivity contribution in [1.82, 2.24) is 10.3 Å². The van der Waals surface area contributed by atoms with E-state index >= 15 is 0 Å². The zero-order valence-electron chi connectivity index (χ0n) is 16.5. The molecule has 1 aromatic heterocycles. The lowest BCUT2D eigenvalue weighted by Gasteiger charge is -2.70. The first-order valence-corrected chi connectivity index (χ1v) is 9.61. The van der Waals surface area contributed by atoms with Gasteiger partial charge in [0, 0.05) is 30.3 Å². The molecule has 1 aromatic carbocycles. The lowest BCUT2D eigenvalue weighted by atomic mass is 9.38. The number of halogens is 5. The van der Waals surface area contributed by atoms with Gasteiger partial charge in [0.2, 0.25) is 5.88 Å². The van der Waals surface area contributed by atoms with Gasteiger partial charge in [0.1, 0.15) is 12.4 Å². The van der Waals surface area contributed by atoms with Gasteiger partial charge in [0.25, 0.3) is 5.91 Å². The molecule has 0 spiro atoms. The number of benzene rings is 1. The number of aromatic nitrogens is 1. The summed E-state index contributed by atoms with van der Waals surface area (Å²) in [7, 11) is 0. The Hall–Kier alpha value is -3.24. The van der Waals surface area contributed by atoms with Crippen LogP contribution in [0.4, 0.5) is 22.0 Å². The fourth-order valence-corrected chi connectivity index (χ4v) is 4.52. The molecule has 1 heterocycles. The van der Waals surface area contributed by atoms with E-state index in [4.69, 9.17) is 4.74 Å². The molecule has 0 radical (unpaired) electrons. The van der Waals surface area contributed by atoms with Gasteiger partial charge < -0.3 is 14.8 Å². The molecule has 2 bridgehead atoms. The van der Waals surface area contributed by atoms with E-state index in [9.17, 15) is 31.5 Å². The third-order valence-corrected chi connectivity index (χ3v) is 5.60. The normalized spacial score (nSPS) is 23.5. The van der Waals surface area contributed by atoms with Crippen LogP contribution in [0.5, 0.6) is 11.6 Å². The molecule has 1 amide bonds. The Labute approximate surface area is 178 Å². The van der Waals surface area contributed by atoms with Crippen LogP contribution >= 0.6 is 0 Å². The summed E-state index contributed by atoms with van der Waals surface area (Å²) < 4.78 is 71.5. The minimum atomic E-state index is -4.87. The third kappa shape index (κ3) is 4.66. The highest BCUT2D eigenvalue weighted by molar-refractivity contribution is 5.95. The van der Waals surface area contributed by atoms with Crippen molar-refractivity contribution in [1.29, 1.82) is 0 Å². The van der Waals surface area contributed by atoms with E-state index in [1.807, 2.05) is 0 Å². The van der Waals surface area contributed by atoms with Gasteiger partial charge in [-0.05, 0) is 42.9 Å².